The number of hydrogen-bond acceptors (Lipinski definition) is 4. The molecule has 1 aliphatic carbocycles. The van der Waals surface area contributed by atoms with Gasteiger partial charge in [-0.2, -0.15) is 0 Å². The number of benzene rings is 3. The van der Waals surface area contributed by atoms with E-state index in [0.29, 0.717) is 13.0 Å². The van der Waals surface area contributed by atoms with Crippen molar-refractivity contribution in [2.75, 3.05) is 12.9 Å². The maximum atomic E-state index is 13.7. The molecule has 4 rings (SSSR count). The van der Waals surface area contributed by atoms with E-state index in [9.17, 15) is 9.59 Å². The monoisotopic (exact) mass is 502 g/mol. The second kappa shape index (κ2) is 13.2. The van der Waals surface area contributed by atoms with Crippen LogP contribution >= 0.6 is 11.8 Å². The average Bonchev–Trinajstić information content (AvgIpc) is 3.43. The van der Waals surface area contributed by atoms with Gasteiger partial charge < -0.3 is 15.0 Å². The molecule has 0 heterocycles. The van der Waals surface area contributed by atoms with Crippen LogP contribution in [0.2, 0.25) is 0 Å². The molecule has 0 bridgehead atoms. The first-order chi connectivity index (χ1) is 17.6. The van der Waals surface area contributed by atoms with Crippen molar-refractivity contribution in [3.63, 3.8) is 0 Å². The molecule has 0 aliphatic heterocycles. The summed E-state index contributed by atoms with van der Waals surface area (Å²) < 4.78 is 5.41. The molecule has 6 heteroatoms. The summed E-state index contributed by atoms with van der Waals surface area (Å²) in [5.74, 6) is 0.852. The van der Waals surface area contributed by atoms with Crippen LogP contribution in [-0.4, -0.2) is 41.7 Å². The number of amides is 2. The molecular weight excluding hydrogens is 468 g/mol. The van der Waals surface area contributed by atoms with Crippen LogP contribution in [0.4, 0.5) is 0 Å². The largest absolute Gasteiger partial charge is 0.497 e. The van der Waals surface area contributed by atoms with E-state index in [4.69, 9.17) is 4.74 Å². The fourth-order valence-corrected chi connectivity index (χ4v) is 5.44. The molecule has 2 amide bonds. The molecule has 3 aromatic carbocycles. The summed E-state index contributed by atoms with van der Waals surface area (Å²) in [7, 11) is 1.63. The van der Waals surface area contributed by atoms with Crippen molar-refractivity contribution in [1.29, 1.82) is 0 Å². The van der Waals surface area contributed by atoms with E-state index in [1.807, 2.05) is 84.9 Å². The van der Waals surface area contributed by atoms with E-state index < -0.39 is 6.04 Å². The van der Waals surface area contributed by atoms with Crippen LogP contribution in [0.1, 0.15) is 36.8 Å². The number of thioether (sulfide) groups is 1. The number of rotatable bonds is 11. The first kappa shape index (κ1) is 25.8. The first-order valence-corrected chi connectivity index (χ1v) is 13.6. The smallest absolute Gasteiger partial charge is 0.243 e. The molecule has 188 valence electrons. The Labute approximate surface area is 218 Å². The van der Waals surface area contributed by atoms with Gasteiger partial charge >= 0.3 is 0 Å². The van der Waals surface area contributed by atoms with Gasteiger partial charge in [-0.3, -0.25) is 9.59 Å². The van der Waals surface area contributed by atoms with Crippen LogP contribution in [0.5, 0.6) is 5.75 Å². The van der Waals surface area contributed by atoms with Crippen molar-refractivity contribution < 1.29 is 14.3 Å². The maximum Gasteiger partial charge on any atom is 0.243 e. The second-order valence-electron chi connectivity index (χ2n) is 9.17. The van der Waals surface area contributed by atoms with E-state index in [1.165, 1.54) is 11.8 Å². The van der Waals surface area contributed by atoms with Gasteiger partial charge in [-0.1, -0.05) is 73.5 Å². The number of hydrogen-bond donors (Lipinski definition) is 1. The van der Waals surface area contributed by atoms with E-state index in [0.717, 1.165) is 47.5 Å². The van der Waals surface area contributed by atoms with Gasteiger partial charge in [-0.15, -0.1) is 11.8 Å². The van der Waals surface area contributed by atoms with Gasteiger partial charge in [0.05, 0.1) is 12.9 Å². The quantitative estimate of drug-likeness (QED) is 0.353. The summed E-state index contributed by atoms with van der Waals surface area (Å²) in [5.41, 5.74) is 1.96. The highest BCUT2D eigenvalue weighted by molar-refractivity contribution is 8.00. The number of nitrogens with one attached hydrogen (secondary N) is 1. The molecule has 36 heavy (non-hydrogen) atoms. The number of ether oxygens (including phenoxy) is 1. The Bertz CT molecular complexity index is 1120. The zero-order valence-electron chi connectivity index (χ0n) is 20.8. The van der Waals surface area contributed by atoms with Crippen LogP contribution in [0, 0.1) is 0 Å². The van der Waals surface area contributed by atoms with Gasteiger partial charge in [0, 0.05) is 23.9 Å². The second-order valence-corrected chi connectivity index (χ2v) is 10.2. The van der Waals surface area contributed by atoms with Gasteiger partial charge in [0.1, 0.15) is 11.8 Å². The molecule has 0 spiro atoms. The first-order valence-electron chi connectivity index (χ1n) is 12.6. The molecule has 3 aromatic rings. The van der Waals surface area contributed by atoms with Crippen molar-refractivity contribution >= 4 is 23.6 Å². The number of methoxy groups -OCH3 is 1. The molecule has 5 nitrogen and oxygen atoms in total. The lowest BCUT2D eigenvalue weighted by Crippen LogP contribution is -2.52. The molecule has 1 N–H and O–H groups in total. The Hall–Kier alpha value is -3.25. The molecule has 0 saturated heterocycles. The van der Waals surface area contributed by atoms with Crippen LogP contribution in [0.15, 0.2) is 89.8 Å². The fourth-order valence-electron chi connectivity index (χ4n) is 4.63. The average molecular weight is 503 g/mol. The Morgan fingerprint density at radius 1 is 0.944 bits per heavy atom. The van der Waals surface area contributed by atoms with Crippen LogP contribution in [0.25, 0.3) is 0 Å². The summed E-state index contributed by atoms with van der Waals surface area (Å²) in [5, 5.41) is 3.25. The zero-order valence-corrected chi connectivity index (χ0v) is 21.6. The predicted molar refractivity (Wildman–Crippen MR) is 145 cm³/mol. The third-order valence-corrected chi connectivity index (χ3v) is 7.56. The molecular formula is C30H34N2O3S. The summed E-state index contributed by atoms with van der Waals surface area (Å²) in [6.07, 6.45) is 4.73. The lowest BCUT2D eigenvalue weighted by atomic mass is 10.0. The van der Waals surface area contributed by atoms with Crippen LogP contribution in [-0.2, 0) is 22.6 Å². The highest BCUT2D eigenvalue weighted by Gasteiger charge is 2.32. The molecule has 1 atom stereocenters. The van der Waals surface area contributed by atoms with E-state index in [2.05, 4.69) is 5.32 Å². The maximum absolute atomic E-state index is 13.7. The minimum atomic E-state index is -0.608. The highest BCUT2D eigenvalue weighted by Crippen LogP contribution is 2.23. The minimum absolute atomic E-state index is 0.0609. The van der Waals surface area contributed by atoms with Crippen molar-refractivity contribution in [3.05, 3.63) is 96.1 Å². The number of carbonyl (C=O) groups is 2. The number of carbonyl (C=O) groups excluding carboxylic acids is 2. The van der Waals surface area contributed by atoms with Crippen molar-refractivity contribution in [2.24, 2.45) is 0 Å². The van der Waals surface area contributed by atoms with E-state index in [-0.39, 0.29) is 23.6 Å². The highest BCUT2D eigenvalue weighted by atomic mass is 32.2. The molecule has 0 radical (unpaired) electrons. The molecule has 1 fully saturated rings. The SMILES string of the molecule is COc1cccc(CN(C(=O)CSc2ccccc2)C(Cc2ccccc2)C(=O)NC2CCCC2)c1. The van der Waals surface area contributed by atoms with Crippen molar-refractivity contribution in [2.45, 2.75) is 55.6 Å². The Morgan fingerprint density at radius 2 is 1.61 bits per heavy atom. The van der Waals surface area contributed by atoms with Crippen LogP contribution in [0.3, 0.4) is 0 Å². The standard InChI is InChI=1S/C30H34N2O3S/c1-35-26-16-10-13-24(19-26)21-32(29(33)22-36-27-17-6-3-7-18-27)28(20-23-11-4-2-5-12-23)30(34)31-25-14-8-9-15-25/h2-7,10-13,16-19,25,28H,8-9,14-15,20-22H2,1H3,(H,31,34). The predicted octanol–water partition coefficient (Wildman–Crippen LogP) is 5.49. The fraction of sp³-hybridized carbons (Fsp3) is 0.333. The van der Waals surface area contributed by atoms with Crippen molar-refractivity contribution in [1.82, 2.24) is 10.2 Å². The van der Waals surface area contributed by atoms with E-state index >= 15 is 0 Å². The Kier molecular flexibility index (Phi) is 9.45. The molecule has 1 unspecified atom stereocenters. The number of nitrogens with zero attached hydrogens (tertiary/aromatic N) is 1. The Balaban J connectivity index is 1.62. The van der Waals surface area contributed by atoms with Gasteiger partial charge in [0.25, 0.3) is 0 Å². The molecule has 1 saturated carbocycles. The summed E-state index contributed by atoms with van der Waals surface area (Å²) >= 11 is 1.50. The zero-order chi connectivity index (χ0) is 25.2. The molecule has 1 aliphatic rings. The third-order valence-electron chi connectivity index (χ3n) is 6.57. The minimum Gasteiger partial charge on any atom is -0.497 e. The summed E-state index contributed by atoms with van der Waals surface area (Å²) in [6, 6.07) is 27.1. The van der Waals surface area contributed by atoms with Gasteiger partial charge in [0.2, 0.25) is 11.8 Å². The topological polar surface area (TPSA) is 58.6 Å². The van der Waals surface area contributed by atoms with Gasteiger partial charge in [-0.25, -0.2) is 0 Å². The van der Waals surface area contributed by atoms with E-state index in [1.54, 1.807) is 12.0 Å². The van der Waals surface area contributed by atoms with Gasteiger partial charge in [-0.05, 0) is 48.2 Å². The van der Waals surface area contributed by atoms with Gasteiger partial charge in [0.15, 0.2) is 0 Å². The van der Waals surface area contributed by atoms with Crippen LogP contribution < -0.4 is 10.1 Å². The third kappa shape index (κ3) is 7.37. The lowest BCUT2D eigenvalue weighted by Gasteiger charge is -2.32. The summed E-state index contributed by atoms with van der Waals surface area (Å²) in [4.78, 5) is 30.2. The lowest BCUT2D eigenvalue weighted by molar-refractivity contribution is -0.139. The Morgan fingerprint density at radius 3 is 2.31 bits per heavy atom. The summed E-state index contributed by atoms with van der Waals surface area (Å²) in [6.45, 7) is 0.334. The van der Waals surface area contributed by atoms with Crippen molar-refractivity contribution in [3.8, 4) is 5.75 Å². The normalized spacial score (nSPS) is 14.2. The molecule has 0 aromatic heterocycles.